The van der Waals surface area contributed by atoms with Crippen molar-refractivity contribution in [2.75, 3.05) is 11.9 Å². The normalized spacial score (nSPS) is 11.2. The Kier molecular flexibility index (Phi) is 5.85. The summed E-state index contributed by atoms with van der Waals surface area (Å²) in [6, 6.07) is 6.58. The minimum absolute atomic E-state index is 0.0359. The molecule has 0 heterocycles. The molecule has 2 N–H and O–H groups in total. The van der Waals surface area contributed by atoms with E-state index in [4.69, 9.17) is 0 Å². The molecular weight excluding hydrogens is 280 g/mol. The quantitative estimate of drug-likeness (QED) is 0.626. The number of amides is 2. The van der Waals surface area contributed by atoms with Gasteiger partial charge in [0.05, 0.1) is 0 Å². The monoisotopic (exact) mass is 304 g/mol. The molecule has 0 radical (unpaired) electrons. The van der Waals surface area contributed by atoms with Crippen LogP contribution in [0.15, 0.2) is 24.3 Å². The van der Waals surface area contributed by atoms with E-state index in [9.17, 15) is 14.4 Å². The van der Waals surface area contributed by atoms with E-state index in [0.29, 0.717) is 23.7 Å². The Hall–Kier alpha value is -2.17. The van der Waals surface area contributed by atoms with E-state index >= 15 is 0 Å². The van der Waals surface area contributed by atoms with Crippen LogP contribution in [0.5, 0.6) is 0 Å². The second-order valence-corrected chi connectivity index (χ2v) is 6.32. The van der Waals surface area contributed by atoms with Crippen molar-refractivity contribution in [3.63, 3.8) is 0 Å². The summed E-state index contributed by atoms with van der Waals surface area (Å²) in [5.74, 6) is -0.406. The average molecular weight is 304 g/mol. The Morgan fingerprint density at radius 1 is 1.05 bits per heavy atom. The number of carbonyl (C=O) groups excluding carboxylic acids is 3. The maximum absolute atomic E-state index is 12.3. The number of hydrogen-bond donors (Lipinski definition) is 2. The first-order chi connectivity index (χ1) is 10.1. The van der Waals surface area contributed by atoms with Crippen LogP contribution in [0.1, 0.15) is 45.0 Å². The zero-order valence-electron chi connectivity index (χ0n) is 13.8. The number of Topliss-reactive ketones (excluding diaryl/α,β-unsaturated/α-hetero) is 1. The first kappa shape index (κ1) is 17.9. The fourth-order valence-corrected chi connectivity index (χ4v) is 1.70. The van der Waals surface area contributed by atoms with Crippen LogP contribution < -0.4 is 10.6 Å². The van der Waals surface area contributed by atoms with Gasteiger partial charge in [0, 0.05) is 17.8 Å². The molecule has 0 aromatic heterocycles. The van der Waals surface area contributed by atoms with E-state index in [1.165, 1.54) is 6.92 Å². The first-order valence-corrected chi connectivity index (χ1v) is 7.35. The van der Waals surface area contributed by atoms with Crippen molar-refractivity contribution in [3.05, 3.63) is 29.8 Å². The van der Waals surface area contributed by atoms with Crippen LogP contribution in [0.2, 0.25) is 0 Å². The number of rotatable bonds is 6. The molecule has 0 unspecified atom stereocenters. The van der Waals surface area contributed by atoms with Crippen molar-refractivity contribution < 1.29 is 14.4 Å². The molecule has 0 spiro atoms. The Morgan fingerprint density at radius 2 is 1.59 bits per heavy atom. The second kappa shape index (κ2) is 7.20. The van der Waals surface area contributed by atoms with E-state index in [1.54, 1.807) is 38.1 Å². The van der Waals surface area contributed by atoms with Gasteiger partial charge in [-0.25, -0.2) is 0 Å². The van der Waals surface area contributed by atoms with Crippen molar-refractivity contribution in [1.29, 1.82) is 0 Å². The highest BCUT2D eigenvalue weighted by atomic mass is 16.2. The number of benzene rings is 1. The van der Waals surface area contributed by atoms with Crippen LogP contribution in [-0.4, -0.2) is 24.1 Å². The predicted molar refractivity (Wildman–Crippen MR) is 86.7 cm³/mol. The Labute approximate surface area is 131 Å². The van der Waals surface area contributed by atoms with Crippen molar-refractivity contribution in [2.45, 2.75) is 34.6 Å². The zero-order chi connectivity index (χ0) is 16.9. The summed E-state index contributed by atoms with van der Waals surface area (Å²) < 4.78 is 0. The fourth-order valence-electron chi connectivity index (χ4n) is 1.70. The molecule has 0 aliphatic heterocycles. The van der Waals surface area contributed by atoms with Crippen LogP contribution >= 0.6 is 0 Å². The third-order valence-corrected chi connectivity index (χ3v) is 3.36. The van der Waals surface area contributed by atoms with Gasteiger partial charge >= 0.3 is 0 Å². The lowest BCUT2D eigenvalue weighted by Gasteiger charge is -2.23. The molecule has 0 saturated heterocycles. The van der Waals surface area contributed by atoms with Crippen LogP contribution in [0, 0.1) is 11.3 Å². The Morgan fingerprint density at radius 3 is 2.05 bits per heavy atom. The lowest BCUT2D eigenvalue weighted by atomic mass is 9.90. The van der Waals surface area contributed by atoms with Crippen molar-refractivity contribution in [2.24, 2.45) is 11.3 Å². The maximum atomic E-state index is 12.3. The summed E-state index contributed by atoms with van der Waals surface area (Å²) in [4.78, 5) is 35.6. The van der Waals surface area contributed by atoms with E-state index in [0.717, 1.165) is 0 Å². The molecule has 0 aliphatic carbocycles. The Balaban J connectivity index is 2.73. The van der Waals surface area contributed by atoms with Crippen LogP contribution in [-0.2, 0) is 9.59 Å². The average Bonchev–Trinajstić information content (AvgIpc) is 2.44. The highest BCUT2D eigenvalue weighted by Crippen LogP contribution is 2.19. The Bertz CT molecular complexity index is 560. The summed E-state index contributed by atoms with van der Waals surface area (Å²) in [5.41, 5.74) is -0.0413. The van der Waals surface area contributed by atoms with Gasteiger partial charge in [0.25, 0.3) is 0 Å². The minimum Gasteiger partial charge on any atom is -0.355 e. The zero-order valence-corrected chi connectivity index (χ0v) is 13.8. The number of nitrogens with one attached hydrogen (secondary N) is 2. The topological polar surface area (TPSA) is 75.3 Å². The molecule has 0 aliphatic rings. The molecule has 0 fully saturated rings. The lowest BCUT2D eigenvalue weighted by molar-refractivity contribution is -0.138. The third kappa shape index (κ3) is 4.69. The van der Waals surface area contributed by atoms with Gasteiger partial charge in [-0.2, -0.15) is 0 Å². The molecule has 120 valence electrons. The van der Waals surface area contributed by atoms with Gasteiger partial charge in [0.1, 0.15) is 5.41 Å². The van der Waals surface area contributed by atoms with E-state index in [-0.39, 0.29) is 17.6 Å². The highest BCUT2D eigenvalue weighted by Gasteiger charge is 2.35. The van der Waals surface area contributed by atoms with Crippen LogP contribution in [0.25, 0.3) is 0 Å². The number of ketones is 1. The van der Waals surface area contributed by atoms with Gasteiger partial charge in [0.15, 0.2) is 5.78 Å². The molecule has 5 heteroatoms. The van der Waals surface area contributed by atoms with Crippen LogP contribution in [0.4, 0.5) is 5.69 Å². The van der Waals surface area contributed by atoms with Crippen molar-refractivity contribution in [3.8, 4) is 0 Å². The van der Waals surface area contributed by atoms with Crippen LogP contribution in [0.3, 0.4) is 0 Å². The van der Waals surface area contributed by atoms with Gasteiger partial charge in [-0.05, 0) is 51.0 Å². The first-order valence-electron chi connectivity index (χ1n) is 7.35. The molecule has 2 amide bonds. The number of anilines is 1. The molecule has 0 saturated carbocycles. The summed E-state index contributed by atoms with van der Waals surface area (Å²) in [5, 5.41) is 5.47. The largest absolute Gasteiger partial charge is 0.355 e. The van der Waals surface area contributed by atoms with Gasteiger partial charge in [0.2, 0.25) is 11.8 Å². The van der Waals surface area contributed by atoms with E-state index < -0.39 is 5.41 Å². The SMILES string of the molecule is CC(=O)c1ccc(NC(=O)C(C)(C)C(=O)NCC(C)C)cc1. The third-order valence-electron chi connectivity index (χ3n) is 3.36. The summed E-state index contributed by atoms with van der Waals surface area (Å²) in [7, 11) is 0. The molecule has 22 heavy (non-hydrogen) atoms. The molecule has 1 rings (SSSR count). The van der Waals surface area contributed by atoms with E-state index in [1.807, 2.05) is 13.8 Å². The van der Waals surface area contributed by atoms with Gasteiger partial charge in [-0.1, -0.05) is 13.8 Å². The lowest BCUT2D eigenvalue weighted by Crippen LogP contribution is -2.46. The fraction of sp³-hybridized carbons (Fsp3) is 0.471. The molecule has 5 nitrogen and oxygen atoms in total. The second-order valence-electron chi connectivity index (χ2n) is 6.32. The molecule has 0 bridgehead atoms. The van der Waals surface area contributed by atoms with Gasteiger partial charge in [-0.15, -0.1) is 0 Å². The standard InChI is InChI=1S/C17H24N2O3/c1-11(2)10-18-15(21)17(4,5)16(22)19-14-8-6-13(7-9-14)12(3)20/h6-9,11H,10H2,1-5H3,(H,18,21)(H,19,22). The molecule has 1 aromatic rings. The summed E-state index contributed by atoms with van der Waals surface area (Å²) in [6.07, 6.45) is 0. The highest BCUT2D eigenvalue weighted by molar-refractivity contribution is 6.10. The maximum Gasteiger partial charge on any atom is 0.239 e. The van der Waals surface area contributed by atoms with Gasteiger partial charge in [-0.3, -0.25) is 14.4 Å². The van der Waals surface area contributed by atoms with Crippen molar-refractivity contribution >= 4 is 23.3 Å². The molecule has 0 atom stereocenters. The minimum atomic E-state index is -1.17. The molecule has 1 aromatic carbocycles. The van der Waals surface area contributed by atoms with E-state index in [2.05, 4.69) is 10.6 Å². The summed E-state index contributed by atoms with van der Waals surface area (Å²) >= 11 is 0. The predicted octanol–water partition coefficient (Wildman–Crippen LogP) is 2.63. The number of carbonyl (C=O) groups is 3. The van der Waals surface area contributed by atoms with Crippen molar-refractivity contribution in [1.82, 2.24) is 5.32 Å². The smallest absolute Gasteiger partial charge is 0.239 e. The van der Waals surface area contributed by atoms with Gasteiger partial charge < -0.3 is 10.6 Å². The summed E-state index contributed by atoms with van der Waals surface area (Å²) in [6.45, 7) is 9.16. The number of hydrogen-bond acceptors (Lipinski definition) is 3. The molecular formula is C17H24N2O3.